The minimum absolute atomic E-state index is 0.216. The van der Waals surface area contributed by atoms with E-state index >= 15 is 0 Å². The van der Waals surface area contributed by atoms with Gasteiger partial charge in [0.2, 0.25) is 0 Å². The molecule has 3 rings (SSSR count). The molecule has 2 aromatic rings. The Morgan fingerprint density at radius 3 is 2.79 bits per heavy atom. The van der Waals surface area contributed by atoms with Crippen LogP contribution in [0.2, 0.25) is 0 Å². The predicted molar refractivity (Wildman–Crippen MR) is 68.9 cm³/mol. The van der Waals surface area contributed by atoms with Crippen LogP contribution < -0.4 is 0 Å². The van der Waals surface area contributed by atoms with Crippen molar-refractivity contribution in [3.63, 3.8) is 0 Å². The van der Waals surface area contributed by atoms with Crippen LogP contribution in [0.3, 0.4) is 0 Å². The molecule has 2 aromatic heterocycles. The molecule has 0 radical (unpaired) electrons. The van der Waals surface area contributed by atoms with Crippen molar-refractivity contribution in [2.24, 2.45) is 0 Å². The zero-order chi connectivity index (χ0) is 13.4. The summed E-state index contributed by atoms with van der Waals surface area (Å²) in [5.41, 5.74) is 2.75. The molecule has 96 valence electrons. The van der Waals surface area contributed by atoms with Gasteiger partial charge in [-0.1, -0.05) is 0 Å². The van der Waals surface area contributed by atoms with Crippen LogP contribution in [0.25, 0.3) is 11.4 Å². The van der Waals surface area contributed by atoms with Gasteiger partial charge in [0.25, 0.3) is 0 Å². The number of carboxylic acid groups (broad SMARTS) is 1. The molecule has 0 bridgehead atoms. The van der Waals surface area contributed by atoms with Gasteiger partial charge in [0, 0.05) is 30.1 Å². The highest BCUT2D eigenvalue weighted by Crippen LogP contribution is 2.41. The maximum absolute atomic E-state index is 11.2. The van der Waals surface area contributed by atoms with Crippen molar-refractivity contribution >= 4 is 5.97 Å². The lowest BCUT2D eigenvalue weighted by molar-refractivity contribution is 0.0694. The molecular weight excluding hydrogens is 242 g/mol. The lowest BCUT2D eigenvalue weighted by atomic mass is 10.1. The minimum atomic E-state index is -0.962. The van der Waals surface area contributed by atoms with Gasteiger partial charge in [0.05, 0.1) is 11.3 Å². The monoisotopic (exact) mass is 255 g/mol. The van der Waals surface area contributed by atoms with Crippen LogP contribution in [0.15, 0.2) is 24.7 Å². The van der Waals surface area contributed by atoms with Gasteiger partial charge < -0.3 is 5.11 Å². The molecule has 1 N–H and O–H groups in total. The fourth-order valence-corrected chi connectivity index (χ4v) is 2.06. The van der Waals surface area contributed by atoms with E-state index in [0.29, 0.717) is 11.5 Å². The van der Waals surface area contributed by atoms with Gasteiger partial charge in [-0.05, 0) is 31.4 Å². The van der Waals surface area contributed by atoms with E-state index in [1.165, 1.54) is 6.20 Å². The van der Waals surface area contributed by atoms with Crippen LogP contribution in [0, 0.1) is 6.92 Å². The van der Waals surface area contributed by atoms with Crippen molar-refractivity contribution in [3.8, 4) is 11.4 Å². The molecule has 1 aliphatic rings. The number of aryl methyl sites for hydroxylation is 1. The van der Waals surface area contributed by atoms with E-state index in [9.17, 15) is 4.79 Å². The summed E-state index contributed by atoms with van der Waals surface area (Å²) in [6, 6.07) is 1.89. The average molecular weight is 255 g/mol. The Hall–Kier alpha value is -2.30. The summed E-state index contributed by atoms with van der Waals surface area (Å²) in [5.74, 6) is -0.140. The molecule has 0 aromatic carbocycles. The summed E-state index contributed by atoms with van der Waals surface area (Å²) < 4.78 is 0. The molecule has 5 nitrogen and oxygen atoms in total. The third-order valence-corrected chi connectivity index (χ3v) is 3.29. The van der Waals surface area contributed by atoms with Crippen molar-refractivity contribution in [1.82, 2.24) is 15.0 Å². The van der Waals surface area contributed by atoms with Gasteiger partial charge >= 0.3 is 5.97 Å². The van der Waals surface area contributed by atoms with Crippen LogP contribution in [0.1, 0.15) is 40.4 Å². The molecule has 5 heteroatoms. The first-order valence-corrected chi connectivity index (χ1v) is 6.18. The van der Waals surface area contributed by atoms with Crippen LogP contribution >= 0.6 is 0 Å². The van der Waals surface area contributed by atoms with Gasteiger partial charge in [-0.15, -0.1) is 0 Å². The molecule has 0 saturated heterocycles. The number of rotatable bonds is 3. The quantitative estimate of drug-likeness (QED) is 0.911. The van der Waals surface area contributed by atoms with Gasteiger partial charge in [-0.3, -0.25) is 4.98 Å². The highest BCUT2D eigenvalue weighted by molar-refractivity contribution is 5.89. The zero-order valence-corrected chi connectivity index (χ0v) is 10.5. The number of aromatic nitrogens is 3. The van der Waals surface area contributed by atoms with E-state index in [2.05, 4.69) is 15.0 Å². The lowest BCUT2D eigenvalue weighted by Crippen LogP contribution is -2.07. The van der Waals surface area contributed by atoms with Gasteiger partial charge in [0.1, 0.15) is 0 Å². The van der Waals surface area contributed by atoms with Gasteiger partial charge in [0.15, 0.2) is 5.82 Å². The summed E-state index contributed by atoms with van der Waals surface area (Å²) in [6.45, 7) is 1.96. The van der Waals surface area contributed by atoms with Crippen LogP contribution in [-0.4, -0.2) is 26.0 Å². The largest absolute Gasteiger partial charge is 0.478 e. The highest BCUT2D eigenvalue weighted by atomic mass is 16.4. The second kappa shape index (κ2) is 4.42. The number of aromatic carboxylic acids is 1. The van der Waals surface area contributed by atoms with Crippen molar-refractivity contribution in [3.05, 3.63) is 41.5 Å². The van der Waals surface area contributed by atoms with Crippen LogP contribution in [0.5, 0.6) is 0 Å². The molecule has 0 aliphatic heterocycles. The van der Waals surface area contributed by atoms with E-state index in [-0.39, 0.29) is 11.5 Å². The molecule has 2 heterocycles. The molecule has 19 heavy (non-hydrogen) atoms. The Bertz CT molecular complexity index is 651. The smallest absolute Gasteiger partial charge is 0.339 e. The van der Waals surface area contributed by atoms with Crippen molar-refractivity contribution in [2.45, 2.75) is 25.7 Å². The highest BCUT2D eigenvalue weighted by Gasteiger charge is 2.30. The minimum Gasteiger partial charge on any atom is -0.478 e. The van der Waals surface area contributed by atoms with Crippen molar-refractivity contribution in [1.29, 1.82) is 0 Å². The SMILES string of the molecule is Cc1ccncc1-c1ncc(C(=O)O)c(C2CC2)n1. The first-order chi connectivity index (χ1) is 9.16. The fraction of sp³-hybridized carbons (Fsp3) is 0.286. The fourth-order valence-electron chi connectivity index (χ4n) is 2.06. The molecule has 1 saturated carbocycles. The number of carboxylic acids is 1. The lowest BCUT2D eigenvalue weighted by Gasteiger charge is -2.08. The van der Waals surface area contributed by atoms with E-state index in [1.807, 2.05) is 13.0 Å². The number of nitrogens with zero attached hydrogens (tertiary/aromatic N) is 3. The molecule has 0 spiro atoms. The Morgan fingerprint density at radius 1 is 1.37 bits per heavy atom. The maximum Gasteiger partial charge on any atom is 0.339 e. The molecule has 0 unspecified atom stereocenters. The third kappa shape index (κ3) is 2.19. The molecule has 0 atom stereocenters. The summed E-state index contributed by atoms with van der Waals surface area (Å²) in [7, 11) is 0. The van der Waals surface area contributed by atoms with E-state index in [4.69, 9.17) is 5.11 Å². The van der Waals surface area contributed by atoms with Crippen molar-refractivity contribution < 1.29 is 9.90 Å². The number of pyridine rings is 1. The van der Waals surface area contributed by atoms with E-state index in [1.54, 1.807) is 12.4 Å². The first-order valence-electron chi connectivity index (χ1n) is 6.18. The molecule has 1 aliphatic carbocycles. The van der Waals surface area contributed by atoms with Crippen LogP contribution in [0.4, 0.5) is 0 Å². The summed E-state index contributed by atoms with van der Waals surface area (Å²) in [4.78, 5) is 23.9. The van der Waals surface area contributed by atoms with E-state index < -0.39 is 5.97 Å². The van der Waals surface area contributed by atoms with E-state index in [0.717, 1.165) is 24.0 Å². The molecular formula is C14H13N3O2. The number of hydrogen-bond donors (Lipinski definition) is 1. The summed E-state index contributed by atoms with van der Waals surface area (Å²) in [5, 5.41) is 9.17. The number of carbonyl (C=O) groups is 1. The normalized spacial score (nSPS) is 14.4. The summed E-state index contributed by atoms with van der Waals surface area (Å²) in [6.07, 6.45) is 6.84. The summed E-state index contributed by atoms with van der Waals surface area (Å²) >= 11 is 0. The standard InChI is InChI=1S/C14H13N3O2/c1-8-4-5-15-6-10(8)13-16-7-11(14(18)19)12(17-13)9-2-3-9/h4-7,9H,2-3H2,1H3,(H,18,19). The average Bonchev–Trinajstić information content (AvgIpc) is 3.23. The predicted octanol–water partition coefficient (Wildman–Crippen LogP) is 2.42. The second-order valence-electron chi connectivity index (χ2n) is 4.76. The molecule has 0 amide bonds. The Labute approximate surface area is 110 Å². The number of hydrogen-bond acceptors (Lipinski definition) is 4. The van der Waals surface area contributed by atoms with Crippen LogP contribution in [-0.2, 0) is 0 Å². The van der Waals surface area contributed by atoms with Gasteiger partial charge in [-0.2, -0.15) is 0 Å². The topological polar surface area (TPSA) is 76.0 Å². The second-order valence-corrected chi connectivity index (χ2v) is 4.76. The Morgan fingerprint density at radius 2 is 2.16 bits per heavy atom. The van der Waals surface area contributed by atoms with Gasteiger partial charge in [-0.25, -0.2) is 14.8 Å². The van der Waals surface area contributed by atoms with Crippen molar-refractivity contribution in [2.75, 3.05) is 0 Å². The molecule has 1 fully saturated rings. The first kappa shape index (κ1) is 11.8. The Balaban J connectivity index is 2.11. The third-order valence-electron chi connectivity index (χ3n) is 3.29. The Kier molecular flexibility index (Phi) is 2.74. The maximum atomic E-state index is 11.2. The zero-order valence-electron chi connectivity index (χ0n) is 10.5.